The maximum absolute atomic E-state index is 13.3. The summed E-state index contributed by atoms with van der Waals surface area (Å²) in [5.41, 5.74) is -0.331. The van der Waals surface area contributed by atoms with E-state index in [0.717, 1.165) is 16.4 Å². The van der Waals surface area contributed by atoms with Gasteiger partial charge in [0.25, 0.3) is 10.0 Å². The van der Waals surface area contributed by atoms with Crippen molar-refractivity contribution in [2.24, 2.45) is 0 Å². The van der Waals surface area contributed by atoms with Gasteiger partial charge >= 0.3 is 12.1 Å². The maximum atomic E-state index is 13.3. The number of fused-ring (bicyclic) bond motifs is 1. The maximum Gasteiger partial charge on any atom is 0.417 e. The lowest BCUT2D eigenvalue weighted by Crippen LogP contribution is -2.31. The molecule has 0 saturated heterocycles. The number of benzene rings is 2. The Balaban J connectivity index is 2.09. The van der Waals surface area contributed by atoms with Crippen LogP contribution in [0.1, 0.15) is 21.5 Å². The predicted molar refractivity (Wildman–Crippen MR) is 92.5 cm³/mol. The van der Waals surface area contributed by atoms with E-state index in [4.69, 9.17) is 11.6 Å². The summed E-state index contributed by atoms with van der Waals surface area (Å²) in [4.78, 5) is 10.7. The Labute approximate surface area is 158 Å². The number of esters is 1. The highest BCUT2D eigenvalue weighted by Gasteiger charge is 2.40. The summed E-state index contributed by atoms with van der Waals surface area (Å²) in [7, 11) is -3.27. The number of nitrogens with zero attached hydrogens (tertiary/aromatic N) is 1. The molecule has 10 heteroatoms. The van der Waals surface area contributed by atoms with E-state index in [0.29, 0.717) is 11.6 Å². The van der Waals surface area contributed by atoms with Crippen LogP contribution in [0, 0.1) is 0 Å². The van der Waals surface area contributed by atoms with Crippen molar-refractivity contribution in [2.45, 2.75) is 17.5 Å². The van der Waals surface area contributed by atoms with E-state index >= 15 is 0 Å². The Hall–Kier alpha value is -2.26. The van der Waals surface area contributed by atoms with Gasteiger partial charge in [-0.25, -0.2) is 13.2 Å². The summed E-state index contributed by atoms with van der Waals surface area (Å²) in [6.07, 6.45) is -4.63. The molecule has 144 valence electrons. The molecule has 2 aromatic rings. The van der Waals surface area contributed by atoms with Gasteiger partial charge in [0, 0.05) is 11.6 Å². The zero-order valence-corrected chi connectivity index (χ0v) is 15.5. The highest BCUT2D eigenvalue weighted by molar-refractivity contribution is 7.93. The first-order valence-electron chi connectivity index (χ1n) is 7.66. The summed E-state index contributed by atoms with van der Waals surface area (Å²) >= 11 is 5.62. The van der Waals surface area contributed by atoms with Gasteiger partial charge in [-0.15, -0.1) is 0 Å². The fourth-order valence-electron chi connectivity index (χ4n) is 2.93. The minimum atomic E-state index is -4.88. The monoisotopic (exact) mass is 419 g/mol. The Morgan fingerprint density at radius 1 is 1.19 bits per heavy atom. The molecule has 0 N–H and O–H groups in total. The van der Waals surface area contributed by atoms with Gasteiger partial charge in [-0.05, 0) is 48.4 Å². The Morgan fingerprint density at radius 2 is 1.89 bits per heavy atom. The van der Waals surface area contributed by atoms with Crippen LogP contribution in [-0.4, -0.2) is 28.0 Å². The highest BCUT2D eigenvalue weighted by Crippen LogP contribution is 2.40. The van der Waals surface area contributed by atoms with E-state index < -0.39 is 32.6 Å². The molecular weight excluding hydrogens is 407 g/mol. The molecule has 0 bridgehead atoms. The number of ether oxygens (including phenoxy) is 1. The zero-order chi connectivity index (χ0) is 20.0. The minimum absolute atomic E-state index is 0.0395. The number of hydrogen-bond donors (Lipinski definition) is 0. The predicted octanol–water partition coefficient (Wildman–Crippen LogP) is 3.90. The number of anilines is 1. The molecule has 2 aromatic carbocycles. The lowest BCUT2D eigenvalue weighted by Gasteiger charge is -2.22. The first kappa shape index (κ1) is 19.5. The quantitative estimate of drug-likeness (QED) is 0.708. The van der Waals surface area contributed by atoms with Crippen molar-refractivity contribution >= 4 is 33.3 Å². The average molecular weight is 420 g/mol. The second kappa shape index (κ2) is 6.72. The molecule has 1 aliphatic rings. The molecular formula is C17H13ClF3NO4S. The molecule has 0 fully saturated rings. The van der Waals surface area contributed by atoms with Crippen LogP contribution in [0.3, 0.4) is 0 Å². The lowest BCUT2D eigenvalue weighted by molar-refractivity contribution is -0.139. The van der Waals surface area contributed by atoms with Gasteiger partial charge in [0.2, 0.25) is 0 Å². The van der Waals surface area contributed by atoms with E-state index in [1.54, 1.807) is 0 Å². The van der Waals surface area contributed by atoms with Gasteiger partial charge < -0.3 is 4.74 Å². The number of sulfonamides is 1. The van der Waals surface area contributed by atoms with Crippen molar-refractivity contribution in [2.75, 3.05) is 18.0 Å². The van der Waals surface area contributed by atoms with Gasteiger partial charge in [-0.3, -0.25) is 4.31 Å². The molecule has 0 spiro atoms. The molecule has 1 heterocycles. The summed E-state index contributed by atoms with van der Waals surface area (Å²) < 4.78 is 71.4. The number of halogens is 4. The van der Waals surface area contributed by atoms with E-state index in [-0.39, 0.29) is 29.2 Å². The van der Waals surface area contributed by atoms with Crippen LogP contribution in [0.2, 0.25) is 5.02 Å². The largest absolute Gasteiger partial charge is 0.465 e. The zero-order valence-electron chi connectivity index (χ0n) is 13.9. The van der Waals surface area contributed by atoms with E-state index in [2.05, 4.69) is 4.74 Å². The van der Waals surface area contributed by atoms with E-state index in [1.807, 2.05) is 0 Å². The van der Waals surface area contributed by atoms with Crippen molar-refractivity contribution in [1.82, 2.24) is 0 Å². The summed E-state index contributed by atoms with van der Waals surface area (Å²) in [6, 6.07) is 6.76. The molecule has 5 nitrogen and oxygen atoms in total. The van der Waals surface area contributed by atoms with Crippen LogP contribution in [0.5, 0.6) is 0 Å². The Kier molecular flexibility index (Phi) is 4.85. The standard InChI is InChI=1S/C17H13ClF3NO4S/c1-26-16(23)11-2-4-14-10(8-11)6-7-22(14)27(24,25)15-5-3-12(18)9-13(15)17(19,20)21/h2-5,8-9H,6-7H2,1H3. The number of alkyl halides is 3. The SMILES string of the molecule is COC(=O)c1ccc2c(c1)CCN2S(=O)(=O)c1ccc(Cl)cc1C(F)(F)F. The van der Waals surface area contributed by atoms with Crippen molar-refractivity contribution in [3.63, 3.8) is 0 Å². The molecule has 0 amide bonds. The Morgan fingerprint density at radius 3 is 2.52 bits per heavy atom. The molecule has 0 atom stereocenters. The summed E-state index contributed by atoms with van der Waals surface area (Å²) in [6.45, 7) is -0.0395. The molecule has 0 radical (unpaired) electrons. The van der Waals surface area contributed by atoms with Crippen molar-refractivity contribution < 1.29 is 31.1 Å². The van der Waals surface area contributed by atoms with E-state index in [9.17, 15) is 26.4 Å². The number of carbonyl (C=O) groups excluding carboxylic acids is 1. The third-order valence-electron chi connectivity index (χ3n) is 4.17. The van der Waals surface area contributed by atoms with Crippen LogP contribution in [0.4, 0.5) is 18.9 Å². The van der Waals surface area contributed by atoms with Crippen LogP contribution >= 0.6 is 11.6 Å². The highest BCUT2D eigenvalue weighted by atomic mass is 35.5. The van der Waals surface area contributed by atoms with Gasteiger partial charge in [0.05, 0.1) is 28.8 Å². The van der Waals surface area contributed by atoms with Gasteiger partial charge in [-0.1, -0.05) is 11.6 Å². The van der Waals surface area contributed by atoms with Crippen molar-refractivity contribution in [1.29, 1.82) is 0 Å². The second-order valence-electron chi connectivity index (χ2n) is 5.80. The molecule has 3 rings (SSSR count). The van der Waals surface area contributed by atoms with Crippen LogP contribution in [0.25, 0.3) is 0 Å². The summed E-state index contributed by atoms with van der Waals surface area (Å²) in [5, 5.41) is -0.217. The van der Waals surface area contributed by atoms with Crippen LogP contribution in [-0.2, 0) is 27.4 Å². The van der Waals surface area contributed by atoms with Crippen molar-refractivity contribution in [3.05, 3.63) is 58.1 Å². The third-order valence-corrected chi connectivity index (χ3v) is 6.28. The molecule has 0 aliphatic carbocycles. The minimum Gasteiger partial charge on any atom is -0.465 e. The third kappa shape index (κ3) is 3.49. The number of carbonyl (C=O) groups is 1. The molecule has 1 aliphatic heterocycles. The average Bonchev–Trinajstić information content (AvgIpc) is 3.03. The summed E-state index contributed by atoms with van der Waals surface area (Å²) in [5.74, 6) is -0.587. The fraction of sp³-hybridized carbons (Fsp3) is 0.235. The topological polar surface area (TPSA) is 63.7 Å². The number of hydrogen-bond acceptors (Lipinski definition) is 4. The fourth-order valence-corrected chi connectivity index (χ4v) is 4.80. The second-order valence-corrected chi connectivity index (χ2v) is 8.07. The van der Waals surface area contributed by atoms with Crippen LogP contribution < -0.4 is 4.31 Å². The van der Waals surface area contributed by atoms with Gasteiger partial charge in [0.1, 0.15) is 0 Å². The van der Waals surface area contributed by atoms with Crippen molar-refractivity contribution in [3.8, 4) is 0 Å². The van der Waals surface area contributed by atoms with Crippen LogP contribution in [0.15, 0.2) is 41.3 Å². The smallest absolute Gasteiger partial charge is 0.417 e. The normalized spacial score (nSPS) is 14.2. The molecule has 0 saturated carbocycles. The number of rotatable bonds is 3. The van der Waals surface area contributed by atoms with Gasteiger partial charge in [-0.2, -0.15) is 13.2 Å². The first-order chi connectivity index (χ1) is 12.6. The van der Waals surface area contributed by atoms with Gasteiger partial charge in [0.15, 0.2) is 0 Å². The first-order valence-corrected chi connectivity index (χ1v) is 9.48. The molecule has 27 heavy (non-hydrogen) atoms. The molecule has 0 aromatic heterocycles. The Bertz CT molecular complexity index is 1020. The number of methoxy groups -OCH3 is 1. The lowest BCUT2D eigenvalue weighted by atomic mass is 10.1. The van der Waals surface area contributed by atoms with E-state index in [1.165, 1.54) is 25.3 Å². The molecule has 0 unspecified atom stereocenters.